The van der Waals surface area contributed by atoms with E-state index in [-0.39, 0.29) is 0 Å². The van der Waals surface area contributed by atoms with E-state index in [1.807, 2.05) is 12.2 Å². The number of allylic oxidation sites excluding steroid dienone is 5. The summed E-state index contributed by atoms with van der Waals surface area (Å²) in [5, 5.41) is 0. The Morgan fingerprint density at radius 2 is 2.25 bits per heavy atom. The zero-order chi connectivity index (χ0) is 9.23. The molecule has 0 aromatic rings. The van der Waals surface area contributed by atoms with Crippen molar-refractivity contribution in [1.82, 2.24) is 0 Å². The molecule has 1 aliphatic carbocycles. The Morgan fingerprint density at radius 1 is 1.58 bits per heavy atom. The fourth-order valence-corrected chi connectivity index (χ4v) is 0.675. The molecule has 0 N–H and O–H groups in total. The molecule has 0 unspecified atom stereocenters. The van der Waals surface area contributed by atoms with Gasteiger partial charge in [0.15, 0.2) is 0 Å². The van der Waals surface area contributed by atoms with Gasteiger partial charge in [-0.05, 0) is 0 Å². The third-order valence-electron chi connectivity index (χ3n) is 1.01. The number of carbonyl (C=O) groups excluding carboxylic acids is 2. The maximum absolute atomic E-state index is 9.07. The molecule has 0 aliphatic heterocycles. The summed E-state index contributed by atoms with van der Waals surface area (Å²) >= 11 is -1.08. The van der Waals surface area contributed by atoms with Gasteiger partial charge < -0.3 is 0 Å². The molecule has 2 nitrogen and oxygen atoms in total. The first-order valence-electron chi connectivity index (χ1n) is 3.07. The first kappa shape index (κ1) is 11.0. The Kier molecular flexibility index (Phi) is 7.47. The van der Waals surface area contributed by atoms with Crippen molar-refractivity contribution < 1.29 is 26.4 Å². The molecular formula is C9H7IrO2-. The monoisotopic (exact) mass is 340 g/mol. The third kappa shape index (κ3) is 5.79. The summed E-state index contributed by atoms with van der Waals surface area (Å²) in [4.78, 5) is 18.1. The molecule has 0 radical (unpaired) electrons. The summed E-state index contributed by atoms with van der Waals surface area (Å²) < 4.78 is 2.94. The van der Waals surface area contributed by atoms with Gasteiger partial charge in [-0.15, -0.1) is 6.08 Å². The first-order valence-corrected chi connectivity index (χ1v) is 5.47. The van der Waals surface area contributed by atoms with Crippen LogP contribution in [0.25, 0.3) is 0 Å². The molecule has 0 fully saturated rings. The van der Waals surface area contributed by atoms with Crippen molar-refractivity contribution in [2.45, 2.75) is 6.42 Å². The fourth-order valence-electron chi connectivity index (χ4n) is 0.576. The Bertz CT molecular complexity index is 297. The molecule has 1 rings (SSSR count). The number of hydrogen-bond acceptors (Lipinski definition) is 2. The van der Waals surface area contributed by atoms with E-state index in [0.717, 1.165) is 12.0 Å². The summed E-state index contributed by atoms with van der Waals surface area (Å²) in [7, 11) is 0. The van der Waals surface area contributed by atoms with Gasteiger partial charge in [0.05, 0.1) is 0 Å². The van der Waals surface area contributed by atoms with Crippen LogP contribution in [-0.2, 0) is 26.4 Å². The van der Waals surface area contributed by atoms with Gasteiger partial charge in [-0.3, -0.25) is 0 Å². The summed E-state index contributed by atoms with van der Waals surface area (Å²) in [6.07, 6.45) is 9.95. The molecule has 1 aliphatic rings. The van der Waals surface area contributed by atoms with Gasteiger partial charge in [0, 0.05) is 0 Å². The quantitative estimate of drug-likeness (QED) is 0.670. The van der Waals surface area contributed by atoms with E-state index in [1.165, 1.54) is 8.79 Å². The molecule has 0 bridgehead atoms. The molecule has 0 aromatic heterocycles. The van der Waals surface area contributed by atoms with Gasteiger partial charge in [-0.25, -0.2) is 0 Å². The van der Waals surface area contributed by atoms with Crippen LogP contribution in [0.2, 0.25) is 0 Å². The average molecular weight is 339 g/mol. The first-order chi connectivity index (χ1) is 5.85. The molecule has 0 saturated heterocycles. The van der Waals surface area contributed by atoms with E-state index < -0.39 is 16.8 Å². The van der Waals surface area contributed by atoms with Gasteiger partial charge in [-0.2, -0.15) is 30.4 Å². The molecule has 12 heavy (non-hydrogen) atoms. The third-order valence-corrected chi connectivity index (χ3v) is 1.50. The van der Waals surface area contributed by atoms with E-state index >= 15 is 0 Å². The zero-order valence-corrected chi connectivity index (χ0v) is 8.69. The molecule has 0 spiro atoms. The standard InChI is InChI=1S/C7H7.2CO.Ir/c1-2-7-5-3-4-6-7;2*1-2;/h2-3,5H,1,4H2;;;/q-1;;;. The summed E-state index contributed by atoms with van der Waals surface area (Å²) in [5.41, 5.74) is 1.13. The topological polar surface area (TPSA) is 34.1 Å². The molecule has 0 amide bonds. The van der Waals surface area contributed by atoms with Crippen LogP contribution in [0.1, 0.15) is 6.42 Å². The van der Waals surface area contributed by atoms with Crippen molar-refractivity contribution >= 4 is 8.79 Å². The molecule has 0 atom stereocenters. The fraction of sp³-hybridized carbons (Fsp3) is 0.111. The maximum atomic E-state index is 9.07. The van der Waals surface area contributed by atoms with Gasteiger partial charge in [0.25, 0.3) is 0 Å². The van der Waals surface area contributed by atoms with Crippen LogP contribution in [0.4, 0.5) is 0 Å². The molecule has 0 saturated carbocycles. The van der Waals surface area contributed by atoms with Gasteiger partial charge in [-0.1, -0.05) is 6.42 Å². The van der Waals surface area contributed by atoms with Crippen molar-refractivity contribution in [2.75, 3.05) is 0 Å². The Labute approximate surface area is 78.3 Å². The molecule has 0 aromatic carbocycles. The van der Waals surface area contributed by atoms with E-state index in [1.54, 1.807) is 0 Å². The van der Waals surface area contributed by atoms with Gasteiger partial charge in [0.1, 0.15) is 0 Å². The van der Waals surface area contributed by atoms with Crippen molar-refractivity contribution in [3.05, 3.63) is 36.5 Å². The van der Waals surface area contributed by atoms with Crippen LogP contribution in [0, 0.1) is 6.08 Å². The zero-order valence-electron chi connectivity index (χ0n) is 6.30. The number of hydrogen-bond donors (Lipinski definition) is 0. The second-order valence-electron chi connectivity index (χ2n) is 1.66. The minimum atomic E-state index is -1.08. The molecule has 65 valence electrons. The second-order valence-corrected chi connectivity index (χ2v) is 3.24. The van der Waals surface area contributed by atoms with Crippen LogP contribution in [0.15, 0.2) is 30.4 Å². The minimum absolute atomic E-state index is 0.960. The molecular weight excluding hydrogens is 332 g/mol. The number of rotatable bonds is 1. The average Bonchev–Trinajstić information content (AvgIpc) is 2.58. The molecule has 0 heterocycles. The van der Waals surface area contributed by atoms with Crippen LogP contribution in [0.5, 0.6) is 0 Å². The van der Waals surface area contributed by atoms with Crippen molar-refractivity contribution in [3.63, 3.8) is 0 Å². The van der Waals surface area contributed by atoms with Crippen LogP contribution in [0.3, 0.4) is 0 Å². The summed E-state index contributed by atoms with van der Waals surface area (Å²) in [5.74, 6) is 0. The van der Waals surface area contributed by atoms with Crippen LogP contribution >= 0.6 is 0 Å². The molecule has 3 heteroatoms. The SMILES string of the molecule is C=CC1=[C-]CC=C1.O=[C]=[Ir]=[C]=O. The van der Waals surface area contributed by atoms with Gasteiger partial charge in [0.2, 0.25) is 0 Å². The van der Waals surface area contributed by atoms with Gasteiger partial charge >= 0.3 is 35.2 Å². The van der Waals surface area contributed by atoms with Crippen LogP contribution < -0.4 is 0 Å². The Balaban J connectivity index is 0.000000217. The predicted molar refractivity (Wildman–Crippen MR) is 42.1 cm³/mol. The Hall–Kier alpha value is -0.971. The van der Waals surface area contributed by atoms with E-state index in [4.69, 9.17) is 9.59 Å². The predicted octanol–water partition coefficient (Wildman–Crippen LogP) is 1.07. The van der Waals surface area contributed by atoms with Crippen molar-refractivity contribution in [2.24, 2.45) is 0 Å². The van der Waals surface area contributed by atoms with E-state index in [2.05, 4.69) is 18.7 Å². The summed E-state index contributed by atoms with van der Waals surface area (Å²) in [6, 6.07) is 0. The van der Waals surface area contributed by atoms with Crippen molar-refractivity contribution in [3.8, 4) is 0 Å². The normalized spacial score (nSPS) is 11.8. The van der Waals surface area contributed by atoms with Crippen molar-refractivity contribution in [1.29, 1.82) is 0 Å². The van der Waals surface area contributed by atoms with E-state index in [0.29, 0.717) is 0 Å². The summed E-state index contributed by atoms with van der Waals surface area (Å²) in [6.45, 7) is 3.59. The Morgan fingerprint density at radius 3 is 2.42 bits per heavy atom. The second kappa shape index (κ2) is 8.13. The van der Waals surface area contributed by atoms with E-state index in [9.17, 15) is 0 Å². The van der Waals surface area contributed by atoms with Crippen LogP contribution in [-0.4, -0.2) is 8.79 Å².